The summed E-state index contributed by atoms with van der Waals surface area (Å²) in [5.74, 6) is -0.511. The molecule has 1 aromatic carbocycles. The normalized spacial score (nSPS) is 15.1. The minimum Gasteiger partial charge on any atom is -0.367 e. The second kappa shape index (κ2) is 8.53. The van der Waals surface area contributed by atoms with E-state index in [4.69, 9.17) is 11.6 Å². The molecule has 1 fully saturated rings. The van der Waals surface area contributed by atoms with Crippen LogP contribution < -0.4 is 10.2 Å². The van der Waals surface area contributed by atoms with E-state index < -0.39 is 15.1 Å². The van der Waals surface area contributed by atoms with Crippen LogP contribution in [-0.4, -0.2) is 62.9 Å². The van der Waals surface area contributed by atoms with Crippen molar-refractivity contribution in [1.29, 1.82) is 0 Å². The topological polar surface area (TPSA) is 86.8 Å². The van der Waals surface area contributed by atoms with E-state index in [1.54, 1.807) is 11.8 Å². The fourth-order valence-electron chi connectivity index (χ4n) is 2.64. The zero-order chi connectivity index (χ0) is 18.4. The van der Waals surface area contributed by atoms with E-state index in [1.807, 2.05) is 24.3 Å². The van der Waals surface area contributed by atoms with Gasteiger partial charge in [-0.3, -0.25) is 9.59 Å². The van der Waals surface area contributed by atoms with Gasteiger partial charge in [0, 0.05) is 26.2 Å². The second-order valence-corrected chi connectivity index (χ2v) is 8.19. The van der Waals surface area contributed by atoms with Gasteiger partial charge in [-0.25, -0.2) is 8.42 Å². The van der Waals surface area contributed by atoms with Crippen LogP contribution in [0.2, 0.25) is 5.02 Å². The van der Waals surface area contributed by atoms with E-state index in [1.165, 1.54) is 0 Å². The molecule has 2 rings (SSSR count). The highest BCUT2D eigenvalue weighted by molar-refractivity contribution is 8.06. The number of carbonyl (C=O) groups is 2. The molecule has 0 aromatic heterocycles. The smallest absolute Gasteiger partial charge is 0.336 e. The second-order valence-electron chi connectivity index (χ2n) is 5.78. The van der Waals surface area contributed by atoms with E-state index in [-0.39, 0.29) is 18.2 Å². The standard InChI is InChI=1S/C16H22ClN3O4S/c1-2-11-25(23,24)16(22)18-12-15(21)20-9-7-19(8-10-20)14-6-4-3-5-13(14)17/h3-6H,2,7-12H2,1H3,(H,18,22). The summed E-state index contributed by atoms with van der Waals surface area (Å²) < 4.78 is 23.2. The maximum absolute atomic E-state index is 12.2. The Balaban J connectivity index is 1.83. The van der Waals surface area contributed by atoms with E-state index in [0.717, 1.165) is 5.69 Å². The van der Waals surface area contributed by atoms with Crippen LogP contribution in [0.3, 0.4) is 0 Å². The summed E-state index contributed by atoms with van der Waals surface area (Å²) in [5, 5.41) is 1.78. The molecule has 1 aromatic rings. The monoisotopic (exact) mass is 387 g/mol. The number of nitrogens with one attached hydrogen (secondary N) is 1. The summed E-state index contributed by atoms with van der Waals surface area (Å²) in [5.41, 5.74) is 0.926. The summed E-state index contributed by atoms with van der Waals surface area (Å²) in [6.45, 7) is 3.58. The van der Waals surface area contributed by atoms with Gasteiger partial charge < -0.3 is 15.1 Å². The van der Waals surface area contributed by atoms with Crippen LogP contribution in [0.25, 0.3) is 0 Å². The molecule has 0 radical (unpaired) electrons. The first-order valence-electron chi connectivity index (χ1n) is 8.13. The number of rotatable bonds is 5. The van der Waals surface area contributed by atoms with E-state index in [9.17, 15) is 18.0 Å². The van der Waals surface area contributed by atoms with Crippen molar-refractivity contribution in [3.63, 3.8) is 0 Å². The van der Waals surface area contributed by atoms with Gasteiger partial charge in [-0.05, 0) is 18.6 Å². The molecule has 1 aliphatic rings. The first-order valence-corrected chi connectivity index (χ1v) is 10.2. The third-order valence-corrected chi connectivity index (χ3v) is 5.94. The minimum atomic E-state index is -3.83. The average molecular weight is 388 g/mol. The lowest BCUT2D eigenvalue weighted by atomic mass is 10.2. The highest BCUT2D eigenvalue weighted by atomic mass is 35.5. The molecule has 1 saturated heterocycles. The molecule has 0 spiro atoms. The van der Waals surface area contributed by atoms with Crippen molar-refractivity contribution in [2.75, 3.05) is 43.4 Å². The molecular weight excluding hydrogens is 366 g/mol. The minimum absolute atomic E-state index is 0.219. The number of hydrogen-bond donors (Lipinski definition) is 1. The van der Waals surface area contributed by atoms with Gasteiger partial charge in [-0.15, -0.1) is 0 Å². The van der Waals surface area contributed by atoms with Crippen LogP contribution in [0.15, 0.2) is 24.3 Å². The molecular formula is C16H22ClN3O4S. The Kier molecular flexibility index (Phi) is 6.66. The van der Waals surface area contributed by atoms with E-state index >= 15 is 0 Å². The SMILES string of the molecule is CCCS(=O)(=O)C(=O)NCC(=O)N1CCN(c2ccccc2Cl)CC1. The largest absolute Gasteiger partial charge is 0.367 e. The third kappa shape index (κ3) is 5.09. The van der Waals surface area contributed by atoms with E-state index in [0.29, 0.717) is 37.6 Å². The number of para-hydroxylation sites is 1. The molecule has 9 heteroatoms. The van der Waals surface area contributed by atoms with Gasteiger partial charge in [0.05, 0.1) is 23.0 Å². The predicted molar refractivity (Wildman–Crippen MR) is 97.7 cm³/mol. The molecule has 0 bridgehead atoms. The summed E-state index contributed by atoms with van der Waals surface area (Å²) in [6, 6.07) is 7.52. The molecule has 0 unspecified atom stereocenters. The first-order chi connectivity index (χ1) is 11.8. The highest BCUT2D eigenvalue weighted by Gasteiger charge is 2.25. The van der Waals surface area contributed by atoms with Gasteiger partial charge >= 0.3 is 5.24 Å². The van der Waals surface area contributed by atoms with Crippen LogP contribution in [0, 0.1) is 0 Å². The van der Waals surface area contributed by atoms with Crippen molar-refractivity contribution in [3.05, 3.63) is 29.3 Å². The van der Waals surface area contributed by atoms with Crippen molar-refractivity contribution in [2.24, 2.45) is 0 Å². The van der Waals surface area contributed by atoms with Crippen LogP contribution >= 0.6 is 11.6 Å². The number of benzene rings is 1. The molecule has 0 saturated carbocycles. The average Bonchev–Trinajstić information content (AvgIpc) is 2.60. The molecule has 25 heavy (non-hydrogen) atoms. The lowest BCUT2D eigenvalue weighted by Gasteiger charge is -2.36. The maximum Gasteiger partial charge on any atom is 0.336 e. The summed E-state index contributed by atoms with van der Waals surface area (Å²) >= 11 is 6.18. The molecule has 1 heterocycles. The van der Waals surface area contributed by atoms with Crippen molar-refractivity contribution in [3.8, 4) is 0 Å². The summed E-state index contributed by atoms with van der Waals surface area (Å²) in [4.78, 5) is 27.5. The number of amides is 2. The number of piperazine rings is 1. The molecule has 138 valence electrons. The van der Waals surface area contributed by atoms with Crippen LogP contribution in [0.5, 0.6) is 0 Å². The Morgan fingerprint density at radius 3 is 2.40 bits per heavy atom. The van der Waals surface area contributed by atoms with Gasteiger partial charge in [-0.1, -0.05) is 30.7 Å². The molecule has 1 aliphatic heterocycles. The van der Waals surface area contributed by atoms with Crippen LogP contribution in [-0.2, 0) is 14.6 Å². The van der Waals surface area contributed by atoms with Crippen LogP contribution in [0.4, 0.5) is 10.5 Å². The Labute approximate surface area is 152 Å². The van der Waals surface area contributed by atoms with Crippen LogP contribution in [0.1, 0.15) is 13.3 Å². The van der Waals surface area contributed by atoms with Crippen molar-refractivity contribution in [2.45, 2.75) is 13.3 Å². The fourth-order valence-corrected chi connectivity index (χ4v) is 3.91. The number of halogens is 1. The Bertz CT molecular complexity index is 731. The number of anilines is 1. The third-order valence-electron chi connectivity index (χ3n) is 3.96. The zero-order valence-corrected chi connectivity index (χ0v) is 15.6. The van der Waals surface area contributed by atoms with Gasteiger partial charge in [0.15, 0.2) is 0 Å². The first kappa shape index (κ1) is 19.5. The lowest BCUT2D eigenvalue weighted by molar-refractivity contribution is -0.130. The number of sulfone groups is 1. The quantitative estimate of drug-likeness (QED) is 0.827. The van der Waals surface area contributed by atoms with E-state index in [2.05, 4.69) is 10.2 Å². The maximum atomic E-state index is 12.2. The fraction of sp³-hybridized carbons (Fsp3) is 0.500. The van der Waals surface area contributed by atoms with Crippen molar-refractivity contribution < 1.29 is 18.0 Å². The Morgan fingerprint density at radius 2 is 1.80 bits per heavy atom. The predicted octanol–water partition coefficient (Wildman–Crippen LogP) is 1.52. The number of hydrogen-bond acceptors (Lipinski definition) is 5. The summed E-state index contributed by atoms with van der Waals surface area (Å²) in [7, 11) is -3.83. The van der Waals surface area contributed by atoms with Gasteiger partial charge in [0.25, 0.3) is 0 Å². The number of carbonyl (C=O) groups excluding carboxylic acids is 2. The highest BCUT2D eigenvalue weighted by Crippen LogP contribution is 2.25. The zero-order valence-electron chi connectivity index (χ0n) is 14.1. The molecule has 7 nitrogen and oxygen atoms in total. The molecule has 1 N–H and O–H groups in total. The number of nitrogens with zero attached hydrogens (tertiary/aromatic N) is 2. The summed E-state index contributed by atoms with van der Waals surface area (Å²) in [6.07, 6.45) is 0.355. The van der Waals surface area contributed by atoms with Gasteiger partial charge in [0.1, 0.15) is 0 Å². The molecule has 2 amide bonds. The van der Waals surface area contributed by atoms with Gasteiger partial charge in [-0.2, -0.15) is 0 Å². The molecule has 0 aliphatic carbocycles. The van der Waals surface area contributed by atoms with Gasteiger partial charge in [0.2, 0.25) is 15.7 Å². The lowest BCUT2D eigenvalue weighted by Crippen LogP contribution is -2.51. The van der Waals surface area contributed by atoms with Crippen molar-refractivity contribution >= 4 is 38.3 Å². The molecule has 0 atom stereocenters. The Morgan fingerprint density at radius 1 is 1.16 bits per heavy atom. The Hall–Kier alpha value is -1.80. The van der Waals surface area contributed by atoms with Crippen molar-refractivity contribution in [1.82, 2.24) is 10.2 Å².